The fourth-order valence-corrected chi connectivity index (χ4v) is 10.4. The molecule has 0 bridgehead atoms. The van der Waals surface area contributed by atoms with E-state index in [0.717, 1.165) is 9.80 Å². The summed E-state index contributed by atoms with van der Waals surface area (Å²) in [4.78, 5) is 168. The van der Waals surface area contributed by atoms with Crippen LogP contribution in [0, 0.1) is 41.4 Å². The summed E-state index contributed by atoms with van der Waals surface area (Å²) in [6.07, 6.45) is 3.06. The second kappa shape index (κ2) is 34.7. The molecule has 0 aromatic rings. The van der Waals surface area contributed by atoms with Crippen molar-refractivity contribution in [2.45, 2.75) is 210 Å². The van der Waals surface area contributed by atoms with Gasteiger partial charge in [0, 0.05) is 49.3 Å². The minimum Gasteiger partial charge on any atom is -0.390 e. The first-order chi connectivity index (χ1) is 38.8. The van der Waals surface area contributed by atoms with Crippen LogP contribution in [0.25, 0.3) is 0 Å². The summed E-state index contributed by atoms with van der Waals surface area (Å²) in [6, 6.07) is -11.0. The number of aliphatic hydroxyl groups is 1. The summed E-state index contributed by atoms with van der Waals surface area (Å²) < 4.78 is 0. The molecule has 1 aliphatic rings. The molecule has 0 aromatic heterocycles. The lowest BCUT2D eigenvalue weighted by Gasteiger charge is -2.41. The van der Waals surface area contributed by atoms with Crippen molar-refractivity contribution in [2.24, 2.45) is 41.4 Å². The molecule has 84 heavy (non-hydrogen) atoms. The molecule has 1 heterocycles. The molecule has 0 saturated carbocycles. The van der Waals surface area contributed by atoms with Crippen molar-refractivity contribution in [3.05, 3.63) is 12.2 Å². The van der Waals surface area contributed by atoms with Gasteiger partial charge in [0.1, 0.15) is 54.4 Å². The lowest BCUT2D eigenvalue weighted by atomic mass is 9.91. The highest BCUT2D eigenvalue weighted by Crippen LogP contribution is 2.25. The highest BCUT2D eigenvalue weighted by molar-refractivity contribution is 5.99. The van der Waals surface area contributed by atoms with Gasteiger partial charge in [-0.15, -0.1) is 0 Å². The van der Waals surface area contributed by atoms with Gasteiger partial charge in [-0.1, -0.05) is 109 Å². The Morgan fingerprint density at radius 2 is 0.917 bits per heavy atom. The molecule has 1 saturated heterocycles. The number of hydrogen-bond donors (Lipinski definition) is 5. The Kier molecular flexibility index (Phi) is 31.4. The van der Waals surface area contributed by atoms with Gasteiger partial charge in [0.05, 0.1) is 19.2 Å². The zero-order valence-corrected chi connectivity index (χ0v) is 55.2. The number of allylic oxidation sites excluding steroid dienone is 2. The fraction of sp³-hybridized carbons (Fsp3) is 0.787. The molecule has 1 rings (SSSR count). The van der Waals surface area contributed by atoms with Gasteiger partial charge in [-0.3, -0.25) is 52.7 Å². The summed E-state index contributed by atoms with van der Waals surface area (Å²) in [5.74, 6) is -9.67. The Morgan fingerprint density at radius 3 is 1.38 bits per heavy atom. The Hall–Kier alpha value is -6.13. The van der Waals surface area contributed by atoms with E-state index >= 15 is 9.59 Å². The third-order valence-corrected chi connectivity index (χ3v) is 15.8. The highest BCUT2D eigenvalue weighted by Gasteiger charge is 2.45. The molecule has 23 nitrogen and oxygen atoms in total. The van der Waals surface area contributed by atoms with Crippen molar-refractivity contribution >= 4 is 65.0 Å². The third kappa shape index (κ3) is 21.4. The predicted molar refractivity (Wildman–Crippen MR) is 324 cm³/mol. The van der Waals surface area contributed by atoms with Gasteiger partial charge in [0.2, 0.25) is 65.0 Å². The molecule has 11 amide bonds. The van der Waals surface area contributed by atoms with Crippen molar-refractivity contribution in [2.75, 3.05) is 62.4 Å². The van der Waals surface area contributed by atoms with Crippen molar-refractivity contribution in [1.29, 1.82) is 0 Å². The zero-order valence-electron chi connectivity index (χ0n) is 55.2. The second-order valence-corrected chi connectivity index (χ2v) is 25.6. The largest absolute Gasteiger partial charge is 0.390 e. The molecule has 0 spiro atoms. The monoisotopic (exact) mass is 1190 g/mol. The molecule has 480 valence electrons. The summed E-state index contributed by atoms with van der Waals surface area (Å²) in [6.45, 7) is 27.3. The smallest absolute Gasteiger partial charge is 0.246 e. The molecular formula is C61H109N11O12. The third-order valence-electron chi connectivity index (χ3n) is 15.8. The summed E-state index contributed by atoms with van der Waals surface area (Å²) in [5, 5.41) is 22.9. The molecule has 1 aliphatic heterocycles. The van der Waals surface area contributed by atoms with Gasteiger partial charge in [-0.2, -0.15) is 0 Å². The van der Waals surface area contributed by atoms with Crippen LogP contribution in [0.4, 0.5) is 0 Å². The fourth-order valence-electron chi connectivity index (χ4n) is 10.4. The Morgan fingerprint density at radius 1 is 0.488 bits per heavy atom. The molecule has 0 aromatic carbocycles. The number of amides is 11. The van der Waals surface area contributed by atoms with E-state index in [9.17, 15) is 48.3 Å². The standard InChI is InChI=1S/C61H109N11O12/c1-24-26-27-40(15)52(75)51-56(79)64-42(25-2)57(80)66(17)33-48(74)67(18)43(28-34(3)4)55(78)65-49(38(11)12)60(83)69(20)44(29-35(5)6)54(77)63-41(16)53(76)62-32-47(73)68(19)45(30-36(7)8)58(81)70(21)46(31-37(9)10)59(82)71(22)50(39(13)14)61(84)72(51)23/h24,26,34-46,49-52,75H,25,27-33H2,1-23H3,(H,62,76)(H,63,77)(H,64,79)(H,65,78)/b26-24+/t40?,41-,42-,43-,44-,45-,46-,49-,50-,51-,52?/m0/s1. The zero-order chi connectivity index (χ0) is 65.1. The first-order valence-corrected chi connectivity index (χ1v) is 30.1. The number of nitrogens with one attached hydrogen (secondary N) is 4. The minimum atomic E-state index is -1.61. The van der Waals surface area contributed by atoms with E-state index < -0.39 is 156 Å². The van der Waals surface area contributed by atoms with Crippen molar-refractivity contribution in [1.82, 2.24) is 55.6 Å². The molecular weight excluding hydrogens is 1080 g/mol. The van der Waals surface area contributed by atoms with Crippen LogP contribution in [0.1, 0.15) is 149 Å². The van der Waals surface area contributed by atoms with Crippen LogP contribution >= 0.6 is 0 Å². The van der Waals surface area contributed by atoms with E-state index in [1.807, 2.05) is 55.4 Å². The van der Waals surface area contributed by atoms with Crippen molar-refractivity contribution < 1.29 is 57.8 Å². The van der Waals surface area contributed by atoms with Gasteiger partial charge < -0.3 is 60.7 Å². The first-order valence-electron chi connectivity index (χ1n) is 30.1. The van der Waals surface area contributed by atoms with Gasteiger partial charge in [-0.05, 0) is 93.8 Å². The predicted octanol–water partition coefficient (Wildman–Crippen LogP) is 2.88. The molecule has 5 N–H and O–H groups in total. The first kappa shape index (κ1) is 75.9. The van der Waals surface area contributed by atoms with Crippen molar-refractivity contribution in [3.63, 3.8) is 0 Å². The average Bonchev–Trinajstić information content (AvgIpc) is 2.61. The Balaban J connectivity index is 4.27. The molecule has 0 radical (unpaired) electrons. The topological polar surface area (TPSA) is 279 Å². The van der Waals surface area contributed by atoms with Crippen LogP contribution in [-0.4, -0.2) is 227 Å². The number of rotatable bonds is 15. The van der Waals surface area contributed by atoms with E-state index in [4.69, 9.17) is 0 Å². The molecule has 23 heteroatoms. The van der Waals surface area contributed by atoms with E-state index in [1.54, 1.807) is 60.6 Å². The normalized spacial score (nSPS) is 26.2. The SMILES string of the molecule is C/C=C/CC(C)C(O)[C@H]1C(=O)N[C@@H](CC)C(=O)N(C)CC(=O)N(C)[C@@H](CC(C)C)C(=O)N[C@@H](C(C)C)C(=O)N(C)[C@@H](CC(C)C)C(=O)N[C@@H](C)C(=O)NCC(=O)N(C)[C@@H](CC(C)C)C(=O)N(C)[C@@H](CC(C)C)C(=O)N(C)[C@@H](C(C)C)C(=O)N1C. The van der Waals surface area contributed by atoms with E-state index in [2.05, 4.69) is 21.3 Å². The minimum absolute atomic E-state index is 0.0238. The second-order valence-electron chi connectivity index (χ2n) is 25.6. The Bertz CT molecular complexity index is 2290. The van der Waals surface area contributed by atoms with Gasteiger partial charge >= 0.3 is 0 Å². The number of carbonyl (C=O) groups excluding carboxylic acids is 11. The summed E-state index contributed by atoms with van der Waals surface area (Å²) in [7, 11) is 9.90. The van der Waals surface area contributed by atoms with Crippen LogP contribution in [0.5, 0.6) is 0 Å². The maximum absolute atomic E-state index is 15.1. The lowest BCUT2D eigenvalue weighted by Crippen LogP contribution is -2.63. The van der Waals surface area contributed by atoms with Gasteiger partial charge in [0.25, 0.3) is 0 Å². The number of aliphatic hydroxyl groups excluding tert-OH is 1. The van der Waals surface area contributed by atoms with E-state index in [0.29, 0.717) is 6.42 Å². The van der Waals surface area contributed by atoms with Crippen LogP contribution in [0.2, 0.25) is 0 Å². The number of nitrogens with zero attached hydrogens (tertiary/aromatic N) is 7. The van der Waals surface area contributed by atoms with E-state index in [-0.39, 0.29) is 55.8 Å². The molecule has 2 unspecified atom stereocenters. The van der Waals surface area contributed by atoms with Crippen LogP contribution < -0.4 is 21.3 Å². The quantitative estimate of drug-likeness (QED) is 0.148. The number of carbonyl (C=O) groups is 11. The molecule has 1 fully saturated rings. The molecule has 0 aliphatic carbocycles. The van der Waals surface area contributed by atoms with Crippen LogP contribution in [-0.2, 0) is 52.7 Å². The molecule has 11 atom stereocenters. The summed E-state index contributed by atoms with van der Waals surface area (Å²) in [5.41, 5.74) is 0. The lowest BCUT2D eigenvalue weighted by molar-refractivity contribution is -0.157. The van der Waals surface area contributed by atoms with Gasteiger partial charge in [-0.25, -0.2) is 0 Å². The van der Waals surface area contributed by atoms with Gasteiger partial charge in [0.15, 0.2) is 0 Å². The Labute approximate surface area is 502 Å². The number of hydrogen-bond acceptors (Lipinski definition) is 12. The highest BCUT2D eigenvalue weighted by atomic mass is 16.3. The van der Waals surface area contributed by atoms with Crippen LogP contribution in [0.15, 0.2) is 12.2 Å². The maximum Gasteiger partial charge on any atom is 0.246 e. The van der Waals surface area contributed by atoms with Crippen molar-refractivity contribution in [3.8, 4) is 0 Å². The maximum atomic E-state index is 15.1. The van der Waals surface area contributed by atoms with Crippen LogP contribution in [0.3, 0.4) is 0 Å². The number of likely N-dealkylation sites (N-methyl/N-ethyl adjacent to an activating group) is 7. The summed E-state index contributed by atoms with van der Waals surface area (Å²) >= 11 is 0. The average molecular weight is 1190 g/mol. The van der Waals surface area contributed by atoms with E-state index in [1.165, 1.54) is 80.8 Å².